The molecule has 1 aromatic carbocycles. The maximum absolute atomic E-state index is 5.56. The highest BCUT2D eigenvalue weighted by Gasteiger charge is 2.03. The summed E-state index contributed by atoms with van der Waals surface area (Å²) in [5.41, 5.74) is 1.16. The number of methoxy groups -OCH3 is 1. The Bertz CT molecular complexity index is 350. The van der Waals surface area contributed by atoms with Crippen LogP contribution in [0.15, 0.2) is 18.2 Å². The second kappa shape index (κ2) is 5.98. The van der Waals surface area contributed by atoms with Crippen LogP contribution in [0.4, 0.5) is 0 Å². The van der Waals surface area contributed by atoms with Crippen molar-refractivity contribution in [2.24, 2.45) is 0 Å². The summed E-state index contributed by atoms with van der Waals surface area (Å²) in [6.45, 7) is 2.65. The van der Waals surface area contributed by atoms with Crippen molar-refractivity contribution in [2.75, 3.05) is 13.7 Å². The Hall–Kier alpha value is -1.62. The van der Waals surface area contributed by atoms with Crippen molar-refractivity contribution in [2.45, 2.75) is 19.8 Å². The molecule has 0 aliphatic heterocycles. The molecule has 0 atom stereocenters. The number of hydrogen-bond acceptors (Lipinski definition) is 2. The second-order valence-corrected chi connectivity index (χ2v) is 3.31. The number of terminal acetylenes is 1. The summed E-state index contributed by atoms with van der Waals surface area (Å²) in [7, 11) is 1.64. The number of ether oxygens (including phenoxy) is 2. The van der Waals surface area contributed by atoms with Gasteiger partial charge in [0.1, 0.15) is 0 Å². The average Bonchev–Trinajstić information content (AvgIpc) is 2.26. The zero-order chi connectivity index (χ0) is 11.1. The van der Waals surface area contributed by atoms with Gasteiger partial charge >= 0.3 is 0 Å². The Kier molecular flexibility index (Phi) is 4.56. The van der Waals surface area contributed by atoms with E-state index >= 15 is 0 Å². The molecule has 0 heterocycles. The summed E-state index contributed by atoms with van der Waals surface area (Å²) < 4.78 is 10.8. The van der Waals surface area contributed by atoms with Crippen LogP contribution in [0, 0.1) is 19.3 Å². The summed E-state index contributed by atoms with van der Waals surface area (Å²) in [6, 6.07) is 5.87. The first-order valence-corrected chi connectivity index (χ1v) is 4.99. The van der Waals surface area contributed by atoms with Crippen molar-refractivity contribution in [3.8, 4) is 23.8 Å². The summed E-state index contributed by atoms with van der Waals surface area (Å²) in [4.78, 5) is 0. The van der Waals surface area contributed by atoms with Crippen molar-refractivity contribution in [3.63, 3.8) is 0 Å². The van der Waals surface area contributed by atoms with Crippen LogP contribution in [0.5, 0.6) is 11.5 Å². The van der Waals surface area contributed by atoms with Gasteiger partial charge < -0.3 is 9.47 Å². The molecule has 0 saturated heterocycles. The van der Waals surface area contributed by atoms with Gasteiger partial charge in [-0.05, 0) is 31.0 Å². The topological polar surface area (TPSA) is 18.5 Å². The van der Waals surface area contributed by atoms with E-state index in [-0.39, 0.29) is 0 Å². The van der Waals surface area contributed by atoms with E-state index in [4.69, 9.17) is 15.9 Å². The fraction of sp³-hybridized carbons (Fsp3) is 0.385. The van der Waals surface area contributed by atoms with Gasteiger partial charge in [0.25, 0.3) is 0 Å². The van der Waals surface area contributed by atoms with Gasteiger partial charge in [-0.25, -0.2) is 0 Å². The lowest BCUT2D eigenvalue weighted by Gasteiger charge is -2.10. The molecule has 0 radical (unpaired) electrons. The molecule has 0 aromatic heterocycles. The summed E-state index contributed by atoms with van der Waals surface area (Å²) in [6.07, 6.45) is 6.77. The molecule has 0 unspecified atom stereocenters. The zero-order valence-electron chi connectivity index (χ0n) is 9.25. The van der Waals surface area contributed by atoms with Crippen LogP contribution in [-0.2, 0) is 0 Å². The van der Waals surface area contributed by atoms with Gasteiger partial charge in [0, 0.05) is 6.42 Å². The number of aryl methyl sites for hydroxylation is 1. The van der Waals surface area contributed by atoms with Crippen molar-refractivity contribution in [1.29, 1.82) is 0 Å². The monoisotopic (exact) mass is 204 g/mol. The third-order valence-electron chi connectivity index (χ3n) is 2.04. The van der Waals surface area contributed by atoms with Crippen LogP contribution in [0.3, 0.4) is 0 Å². The molecule has 0 saturated carbocycles. The first-order chi connectivity index (χ1) is 7.27. The third kappa shape index (κ3) is 3.55. The largest absolute Gasteiger partial charge is 0.493 e. The van der Waals surface area contributed by atoms with E-state index in [9.17, 15) is 0 Å². The van der Waals surface area contributed by atoms with E-state index in [0.29, 0.717) is 6.61 Å². The number of benzene rings is 1. The fourth-order valence-corrected chi connectivity index (χ4v) is 1.25. The lowest BCUT2D eigenvalue weighted by Crippen LogP contribution is -1.99. The van der Waals surface area contributed by atoms with Crippen LogP contribution in [0.25, 0.3) is 0 Å². The van der Waals surface area contributed by atoms with E-state index in [1.54, 1.807) is 7.11 Å². The number of rotatable bonds is 5. The molecule has 0 amide bonds. The highest BCUT2D eigenvalue weighted by Crippen LogP contribution is 2.27. The van der Waals surface area contributed by atoms with Crippen LogP contribution in [0.2, 0.25) is 0 Å². The third-order valence-corrected chi connectivity index (χ3v) is 2.04. The predicted octanol–water partition coefficient (Wildman–Crippen LogP) is 2.80. The summed E-state index contributed by atoms with van der Waals surface area (Å²) >= 11 is 0. The van der Waals surface area contributed by atoms with Crippen LogP contribution in [-0.4, -0.2) is 13.7 Å². The molecule has 0 spiro atoms. The number of hydrogen-bond donors (Lipinski definition) is 0. The van der Waals surface area contributed by atoms with Gasteiger partial charge in [-0.2, -0.15) is 0 Å². The fourth-order valence-electron chi connectivity index (χ4n) is 1.25. The average molecular weight is 204 g/mol. The molecule has 1 aromatic rings. The quantitative estimate of drug-likeness (QED) is 0.542. The molecule has 0 N–H and O–H groups in total. The first-order valence-electron chi connectivity index (χ1n) is 4.99. The van der Waals surface area contributed by atoms with Gasteiger partial charge in [0.2, 0.25) is 0 Å². The summed E-state index contributed by atoms with van der Waals surface area (Å²) in [5.74, 6) is 4.13. The number of unbranched alkanes of at least 4 members (excludes halogenated alkanes) is 1. The molecule has 2 heteroatoms. The van der Waals surface area contributed by atoms with E-state index in [0.717, 1.165) is 29.9 Å². The Morgan fingerprint density at radius 3 is 2.80 bits per heavy atom. The lowest BCUT2D eigenvalue weighted by atomic mass is 10.2. The summed E-state index contributed by atoms with van der Waals surface area (Å²) in [5, 5.41) is 0. The highest BCUT2D eigenvalue weighted by molar-refractivity contribution is 5.42. The lowest BCUT2D eigenvalue weighted by molar-refractivity contribution is 0.291. The minimum Gasteiger partial charge on any atom is -0.493 e. The molecule has 0 bridgehead atoms. The van der Waals surface area contributed by atoms with Crippen molar-refractivity contribution in [3.05, 3.63) is 23.8 Å². The molecule has 0 aliphatic rings. The smallest absolute Gasteiger partial charge is 0.161 e. The Morgan fingerprint density at radius 1 is 1.33 bits per heavy atom. The maximum Gasteiger partial charge on any atom is 0.161 e. The van der Waals surface area contributed by atoms with Gasteiger partial charge in [-0.1, -0.05) is 6.07 Å². The van der Waals surface area contributed by atoms with Gasteiger partial charge in [0.15, 0.2) is 11.5 Å². The second-order valence-electron chi connectivity index (χ2n) is 3.31. The molecule has 0 fully saturated rings. The van der Waals surface area contributed by atoms with Gasteiger partial charge in [-0.3, -0.25) is 0 Å². The van der Waals surface area contributed by atoms with E-state index in [1.165, 1.54) is 0 Å². The van der Waals surface area contributed by atoms with Crippen molar-refractivity contribution in [1.82, 2.24) is 0 Å². The van der Waals surface area contributed by atoms with E-state index in [1.807, 2.05) is 25.1 Å². The normalized spacial score (nSPS) is 9.40. The van der Waals surface area contributed by atoms with Gasteiger partial charge in [-0.15, -0.1) is 12.3 Å². The maximum atomic E-state index is 5.56. The van der Waals surface area contributed by atoms with Gasteiger partial charge in [0.05, 0.1) is 13.7 Å². The molecular formula is C13H16O2. The van der Waals surface area contributed by atoms with E-state index in [2.05, 4.69) is 5.92 Å². The molecule has 15 heavy (non-hydrogen) atoms. The standard InChI is InChI=1S/C13H16O2/c1-4-5-6-9-15-12-8-7-11(2)10-13(12)14-3/h1,7-8,10H,5-6,9H2,2-3H3. The van der Waals surface area contributed by atoms with Crippen molar-refractivity contribution >= 4 is 0 Å². The molecule has 2 nitrogen and oxygen atoms in total. The van der Waals surface area contributed by atoms with Crippen molar-refractivity contribution < 1.29 is 9.47 Å². The van der Waals surface area contributed by atoms with Crippen LogP contribution >= 0.6 is 0 Å². The Morgan fingerprint density at radius 2 is 2.13 bits per heavy atom. The Balaban J connectivity index is 2.57. The molecule has 1 rings (SSSR count). The Labute approximate surface area is 91.2 Å². The first kappa shape index (κ1) is 11.5. The van der Waals surface area contributed by atoms with E-state index < -0.39 is 0 Å². The predicted molar refractivity (Wildman–Crippen MR) is 61.3 cm³/mol. The highest BCUT2D eigenvalue weighted by atomic mass is 16.5. The van der Waals surface area contributed by atoms with Crippen LogP contribution < -0.4 is 9.47 Å². The molecule has 0 aliphatic carbocycles. The minimum absolute atomic E-state index is 0.629. The SMILES string of the molecule is C#CCCCOc1ccc(C)cc1OC. The molecular weight excluding hydrogens is 188 g/mol. The minimum atomic E-state index is 0.629. The molecule has 80 valence electrons. The zero-order valence-corrected chi connectivity index (χ0v) is 9.25. The van der Waals surface area contributed by atoms with Crippen LogP contribution in [0.1, 0.15) is 18.4 Å².